The first-order valence-corrected chi connectivity index (χ1v) is 8.42. The fourth-order valence-corrected chi connectivity index (χ4v) is 3.32. The summed E-state index contributed by atoms with van der Waals surface area (Å²) in [5.41, 5.74) is 0.841. The summed E-state index contributed by atoms with van der Waals surface area (Å²) in [5, 5.41) is 0.544. The van der Waals surface area contributed by atoms with E-state index in [4.69, 9.17) is 23.2 Å². The third kappa shape index (κ3) is 3.95. The fourth-order valence-electron chi connectivity index (χ4n) is 1.76. The third-order valence-electron chi connectivity index (χ3n) is 3.01. The number of aromatic nitrogens is 1. The second-order valence-corrected chi connectivity index (χ2v) is 7.33. The minimum atomic E-state index is -3.59. The molecule has 0 saturated heterocycles. The summed E-state index contributed by atoms with van der Waals surface area (Å²) in [6, 6.07) is 9.83. The van der Waals surface area contributed by atoms with Gasteiger partial charge in [0.05, 0.1) is 14.9 Å². The largest absolute Gasteiger partial charge is 0.261 e. The summed E-state index contributed by atoms with van der Waals surface area (Å²) in [7, 11) is -2.06. The van der Waals surface area contributed by atoms with E-state index in [1.807, 2.05) is 18.2 Å². The van der Waals surface area contributed by atoms with Crippen LogP contribution >= 0.6 is 23.2 Å². The molecule has 0 amide bonds. The molecule has 7 heteroatoms. The molecule has 0 bridgehead atoms. The summed E-state index contributed by atoms with van der Waals surface area (Å²) in [4.78, 5) is 4.30. The molecule has 0 aliphatic carbocycles. The first kappa shape index (κ1) is 16.2. The SMILES string of the molecule is CN(CCc1ccccn1)S(=O)(=O)c1ccc(Cl)c(Cl)c1. The van der Waals surface area contributed by atoms with Gasteiger partial charge in [0.2, 0.25) is 10.0 Å². The molecule has 2 rings (SSSR count). The Morgan fingerprint density at radius 2 is 1.90 bits per heavy atom. The molecule has 21 heavy (non-hydrogen) atoms. The molecule has 0 unspecified atom stereocenters. The van der Waals surface area contributed by atoms with Crippen molar-refractivity contribution in [1.29, 1.82) is 0 Å². The molecular weight excluding hydrogens is 331 g/mol. The van der Waals surface area contributed by atoms with E-state index < -0.39 is 10.0 Å². The number of pyridine rings is 1. The van der Waals surface area contributed by atoms with Gasteiger partial charge in [-0.05, 0) is 30.3 Å². The number of benzene rings is 1. The van der Waals surface area contributed by atoms with Crippen LogP contribution in [-0.4, -0.2) is 31.3 Å². The molecule has 4 nitrogen and oxygen atoms in total. The van der Waals surface area contributed by atoms with E-state index in [1.54, 1.807) is 6.20 Å². The maximum atomic E-state index is 12.4. The predicted molar refractivity (Wildman–Crippen MR) is 84.2 cm³/mol. The average Bonchev–Trinajstić information content (AvgIpc) is 2.48. The van der Waals surface area contributed by atoms with Crippen LogP contribution in [0.1, 0.15) is 5.69 Å². The molecule has 0 saturated carbocycles. The highest BCUT2D eigenvalue weighted by atomic mass is 35.5. The molecule has 1 aromatic heterocycles. The Bertz CT molecular complexity index is 721. The van der Waals surface area contributed by atoms with Gasteiger partial charge in [0.25, 0.3) is 0 Å². The number of hydrogen-bond acceptors (Lipinski definition) is 3. The lowest BCUT2D eigenvalue weighted by Crippen LogP contribution is -2.29. The van der Waals surface area contributed by atoms with Crippen LogP contribution in [0.25, 0.3) is 0 Å². The standard InChI is InChI=1S/C14H14Cl2N2O2S/c1-18(9-7-11-4-2-3-8-17-11)21(19,20)12-5-6-13(15)14(16)10-12/h2-6,8,10H,7,9H2,1H3. The minimum Gasteiger partial charge on any atom is -0.261 e. The number of halogens is 2. The van der Waals surface area contributed by atoms with Crippen molar-refractivity contribution in [1.82, 2.24) is 9.29 Å². The van der Waals surface area contributed by atoms with Gasteiger partial charge >= 0.3 is 0 Å². The van der Waals surface area contributed by atoms with E-state index in [2.05, 4.69) is 4.98 Å². The number of rotatable bonds is 5. The monoisotopic (exact) mass is 344 g/mol. The van der Waals surface area contributed by atoms with Crippen LogP contribution in [0.5, 0.6) is 0 Å². The third-order valence-corrected chi connectivity index (χ3v) is 5.60. The summed E-state index contributed by atoms with van der Waals surface area (Å²) in [6.07, 6.45) is 2.22. The van der Waals surface area contributed by atoms with E-state index in [-0.39, 0.29) is 9.92 Å². The highest BCUT2D eigenvalue weighted by molar-refractivity contribution is 7.89. The summed E-state index contributed by atoms with van der Waals surface area (Å²) >= 11 is 11.7. The van der Waals surface area contributed by atoms with Crippen LogP contribution in [0.15, 0.2) is 47.5 Å². The number of nitrogens with zero attached hydrogens (tertiary/aromatic N) is 2. The molecule has 0 N–H and O–H groups in total. The van der Waals surface area contributed by atoms with Gasteiger partial charge in [-0.2, -0.15) is 0 Å². The van der Waals surface area contributed by atoms with E-state index in [0.717, 1.165) is 5.69 Å². The van der Waals surface area contributed by atoms with Gasteiger partial charge in [0.1, 0.15) is 0 Å². The topological polar surface area (TPSA) is 50.3 Å². The molecule has 0 fully saturated rings. The Balaban J connectivity index is 2.13. The van der Waals surface area contributed by atoms with Crippen molar-refractivity contribution in [3.63, 3.8) is 0 Å². The Morgan fingerprint density at radius 1 is 1.14 bits per heavy atom. The van der Waals surface area contributed by atoms with Gasteiger partial charge in [0.15, 0.2) is 0 Å². The van der Waals surface area contributed by atoms with Gasteiger partial charge in [-0.1, -0.05) is 29.3 Å². The van der Waals surface area contributed by atoms with Crippen molar-refractivity contribution >= 4 is 33.2 Å². The molecule has 112 valence electrons. The maximum absolute atomic E-state index is 12.4. The van der Waals surface area contributed by atoms with Crippen LogP contribution in [0.3, 0.4) is 0 Å². The van der Waals surface area contributed by atoms with E-state index in [1.165, 1.54) is 29.6 Å². The van der Waals surface area contributed by atoms with Crippen LogP contribution in [-0.2, 0) is 16.4 Å². The summed E-state index contributed by atoms with van der Waals surface area (Å²) in [5.74, 6) is 0. The second kappa shape index (κ2) is 6.75. The lowest BCUT2D eigenvalue weighted by atomic mass is 10.3. The van der Waals surface area contributed by atoms with E-state index in [9.17, 15) is 8.42 Å². The predicted octanol–water partition coefficient (Wildman–Crippen LogP) is 3.25. The summed E-state index contributed by atoms with van der Waals surface area (Å²) in [6.45, 7) is 0.333. The van der Waals surface area contributed by atoms with Crippen LogP contribution in [0.2, 0.25) is 10.0 Å². The second-order valence-electron chi connectivity index (χ2n) is 4.47. The minimum absolute atomic E-state index is 0.125. The van der Waals surface area contributed by atoms with Crippen molar-refractivity contribution in [3.05, 3.63) is 58.3 Å². The van der Waals surface area contributed by atoms with Crippen molar-refractivity contribution in [2.24, 2.45) is 0 Å². The Kier molecular flexibility index (Phi) is 5.22. The molecule has 0 spiro atoms. The lowest BCUT2D eigenvalue weighted by Gasteiger charge is -2.17. The molecule has 0 aliphatic heterocycles. The molecule has 0 radical (unpaired) electrons. The number of hydrogen-bond donors (Lipinski definition) is 0. The quantitative estimate of drug-likeness (QED) is 0.836. The van der Waals surface area contributed by atoms with Crippen LogP contribution < -0.4 is 0 Å². The Labute approximate surface area is 134 Å². The molecule has 1 heterocycles. The number of likely N-dealkylation sites (N-methyl/N-ethyl adjacent to an activating group) is 1. The van der Waals surface area contributed by atoms with Gasteiger partial charge in [-0.15, -0.1) is 0 Å². The van der Waals surface area contributed by atoms with Crippen molar-refractivity contribution in [2.75, 3.05) is 13.6 Å². The molecule has 2 aromatic rings. The van der Waals surface area contributed by atoms with Gasteiger partial charge in [-0.3, -0.25) is 4.98 Å². The molecule has 0 aliphatic rings. The zero-order valence-electron chi connectivity index (χ0n) is 11.3. The van der Waals surface area contributed by atoms with E-state index in [0.29, 0.717) is 18.0 Å². The summed E-state index contributed by atoms with van der Waals surface area (Å²) < 4.78 is 26.1. The zero-order chi connectivity index (χ0) is 15.5. The first-order chi connectivity index (χ1) is 9.91. The van der Waals surface area contributed by atoms with Gasteiger partial charge in [0, 0.05) is 31.9 Å². The maximum Gasteiger partial charge on any atom is 0.242 e. The first-order valence-electron chi connectivity index (χ1n) is 6.22. The Hall–Kier alpha value is -1.14. The highest BCUT2D eigenvalue weighted by Gasteiger charge is 2.21. The fraction of sp³-hybridized carbons (Fsp3) is 0.214. The van der Waals surface area contributed by atoms with Gasteiger partial charge in [-0.25, -0.2) is 12.7 Å². The van der Waals surface area contributed by atoms with Crippen molar-refractivity contribution < 1.29 is 8.42 Å². The van der Waals surface area contributed by atoms with Crippen molar-refractivity contribution in [2.45, 2.75) is 11.3 Å². The van der Waals surface area contributed by atoms with E-state index >= 15 is 0 Å². The zero-order valence-corrected chi connectivity index (χ0v) is 13.7. The lowest BCUT2D eigenvalue weighted by molar-refractivity contribution is 0.471. The molecule has 1 aromatic carbocycles. The van der Waals surface area contributed by atoms with Crippen LogP contribution in [0.4, 0.5) is 0 Å². The molecule has 0 atom stereocenters. The average molecular weight is 345 g/mol. The van der Waals surface area contributed by atoms with Crippen molar-refractivity contribution in [3.8, 4) is 0 Å². The highest BCUT2D eigenvalue weighted by Crippen LogP contribution is 2.26. The van der Waals surface area contributed by atoms with Gasteiger partial charge < -0.3 is 0 Å². The Morgan fingerprint density at radius 3 is 2.52 bits per heavy atom. The number of sulfonamides is 1. The smallest absolute Gasteiger partial charge is 0.242 e. The normalized spacial score (nSPS) is 11.8. The molecular formula is C14H14Cl2N2O2S. The van der Waals surface area contributed by atoms with Crippen LogP contribution in [0, 0.1) is 0 Å².